The molecule has 0 radical (unpaired) electrons. The average molecular weight is 428 g/mol. The topological polar surface area (TPSA) is 127 Å². The van der Waals surface area contributed by atoms with Gasteiger partial charge in [0, 0.05) is 12.1 Å². The predicted octanol–water partition coefficient (Wildman–Crippen LogP) is 4.40. The zero-order valence-corrected chi connectivity index (χ0v) is 16.5. The number of rotatable bonds is 6. The zero-order valence-electron chi connectivity index (χ0n) is 16.5. The van der Waals surface area contributed by atoms with Gasteiger partial charge in [0.2, 0.25) is 5.88 Å². The van der Waals surface area contributed by atoms with E-state index in [1.807, 2.05) is 24.3 Å². The molecule has 3 aromatic carbocycles. The van der Waals surface area contributed by atoms with Gasteiger partial charge in [-0.05, 0) is 52.7 Å². The third kappa shape index (κ3) is 4.68. The number of ether oxygens (including phenoxy) is 1. The second-order valence-corrected chi connectivity index (χ2v) is 6.70. The Bertz CT molecular complexity index is 1320. The summed E-state index contributed by atoms with van der Waals surface area (Å²) < 4.78 is 5.54. The van der Waals surface area contributed by atoms with Crippen LogP contribution in [-0.2, 0) is 0 Å². The van der Waals surface area contributed by atoms with Crippen molar-refractivity contribution in [3.63, 3.8) is 0 Å². The number of pyridine rings is 1. The van der Waals surface area contributed by atoms with Crippen LogP contribution in [0.4, 0.5) is 5.69 Å². The Labute approximate surface area is 181 Å². The second kappa shape index (κ2) is 8.92. The van der Waals surface area contributed by atoms with E-state index in [4.69, 9.17) is 4.74 Å². The van der Waals surface area contributed by atoms with Crippen LogP contribution in [0.3, 0.4) is 0 Å². The number of amides is 1. The molecule has 0 spiro atoms. The number of carbonyl (C=O) groups excluding carboxylic acids is 1. The quantitative estimate of drug-likeness (QED) is 0.266. The molecule has 0 aliphatic carbocycles. The molecule has 0 fully saturated rings. The smallest absolute Gasteiger partial charge is 0.287 e. The van der Waals surface area contributed by atoms with E-state index in [0.29, 0.717) is 11.3 Å². The summed E-state index contributed by atoms with van der Waals surface area (Å²) in [6.07, 6.45) is 2.57. The van der Waals surface area contributed by atoms with Crippen LogP contribution in [0.15, 0.2) is 84.1 Å². The van der Waals surface area contributed by atoms with Gasteiger partial charge in [0.1, 0.15) is 17.7 Å². The SMILES string of the molecule is O=C(NN=Cc1ccc(Oc2ccc([N+](=O)[O-])cn2)cc1)c1cc2ccccc2cc1O. The highest BCUT2D eigenvalue weighted by atomic mass is 16.6. The molecule has 4 aromatic rings. The number of fused-ring (bicyclic) bond motifs is 1. The summed E-state index contributed by atoms with van der Waals surface area (Å²) >= 11 is 0. The fraction of sp³-hybridized carbons (Fsp3) is 0. The maximum atomic E-state index is 12.4. The number of hydrazone groups is 1. The Morgan fingerprint density at radius 3 is 2.44 bits per heavy atom. The molecule has 0 atom stereocenters. The lowest BCUT2D eigenvalue weighted by Gasteiger charge is -2.06. The fourth-order valence-electron chi connectivity index (χ4n) is 2.92. The molecule has 0 unspecified atom stereocenters. The van der Waals surface area contributed by atoms with Crippen molar-refractivity contribution in [1.29, 1.82) is 0 Å². The van der Waals surface area contributed by atoms with E-state index in [-0.39, 0.29) is 22.9 Å². The minimum absolute atomic E-state index is 0.122. The first-order chi connectivity index (χ1) is 15.5. The Balaban J connectivity index is 1.38. The molecule has 32 heavy (non-hydrogen) atoms. The van der Waals surface area contributed by atoms with Gasteiger partial charge in [-0.2, -0.15) is 5.10 Å². The number of hydrogen-bond donors (Lipinski definition) is 2. The van der Waals surface area contributed by atoms with Crippen LogP contribution in [0.1, 0.15) is 15.9 Å². The molecule has 9 nitrogen and oxygen atoms in total. The van der Waals surface area contributed by atoms with Crippen molar-refractivity contribution in [2.45, 2.75) is 0 Å². The van der Waals surface area contributed by atoms with Crippen LogP contribution in [0.25, 0.3) is 10.8 Å². The van der Waals surface area contributed by atoms with Crippen LogP contribution < -0.4 is 10.2 Å². The van der Waals surface area contributed by atoms with E-state index in [0.717, 1.165) is 17.0 Å². The highest BCUT2D eigenvalue weighted by Crippen LogP contribution is 2.25. The van der Waals surface area contributed by atoms with Crippen molar-refractivity contribution in [2.24, 2.45) is 5.10 Å². The molecule has 0 aliphatic heterocycles. The molecular formula is C23H16N4O5. The van der Waals surface area contributed by atoms with E-state index >= 15 is 0 Å². The Morgan fingerprint density at radius 1 is 1.06 bits per heavy atom. The van der Waals surface area contributed by atoms with E-state index in [1.165, 1.54) is 24.4 Å². The minimum atomic E-state index is -0.537. The first-order valence-corrected chi connectivity index (χ1v) is 9.43. The number of nitrogens with zero attached hydrogens (tertiary/aromatic N) is 3. The molecule has 1 amide bonds. The molecule has 0 aliphatic rings. The highest BCUT2D eigenvalue weighted by Gasteiger charge is 2.11. The normalized spacial score (nSPS) is 10.9. The average Bonchev–Trinajstić information content (AvgIpc) is 2.80. The molecule has 0 saturated carbocycles. The van der Waals surface area contributed by atoms with Crippen LogP contribution in [0, 0.1) is 10.1 Å². The first kappa shape index (κ1) is 20.5. The van der Waals surface area contributed by atoms with Crippen molar-refractivity contribution in [2.75, 3.05) is 0 Å². The molecule has 4 rings (SSSR count). The third-order valence-corrected chi connectivity index (χ3v) is 4.52. The summed E-state index contributed by atoms with van der Waals surface area (Å²) in [5.41, 5.74) is 3.09. The Morgan fingerprint density at radius 2 is 1.78 bits per heavy atom. The summed E-state index contributed by atoms with van der Waals surface area (Å²) in [4.78, 5) is 26.4. The lowest BCUT2D eigenvalue weighted by molar-refractivity contribution is -0.385. The van der Waals surface area contributed by atoms with Gasteiger partial charge in [0.15, 0.2) is 0 Å². The minimum Gasteiger partial charge on any atom is -0.507 e. The van der Waals surface area contributed by atoms with Crippen LogP contribution in [0.2, 0.25) is 0 Å². The lowest BCUT2D eigenvalue weighted by Crippen LogP contribution is -2.17. The van der Waals surface area contributed by atoms with Crippen molar-refractivity contribution in [3.8, 4) is 17.4 Å². The fourth-order valence-corrected chi connectivity index (χ4v) is 2.92. The van der Waals surface area contributed by atoms with Crippen LogP contribution in [0.5, 0.6) is 17.4 Å². The van der Waals surface area contributed by atoms with Crippen molar-refractivity contribution >= 4 is 28.6 Å². The summed E-state index contributed by atoms with van der Waals surface area (Å²) in [6.45, 7) is 0. The molecule has 0 bridgehead atoms. The number of phenols is 1. The number of phenolic OH excluding ortho intramolecular Hbond substituents is 1. The van der Waals surface area contributed by atoms with Crippen LogP contribution >= 0.6 is 0 Å². The van der Waals surface area contributed by atoms with Gasteiger partial charge in [-0.15, -0.1) is 0 Å². The number of nitro groups is 1. The zero-order chi connectivity index (χ0) is 22.5. The number of aromatic hydroxyl groups is 1. The van der Waals surface area contributed by atoms with Crippen molar-refractivity contribution in [1.82, 2.24) is 10.4 Å². The number of benzene rings is 3. The van der Waals surface area contributed by atoms with Gasteiger partial charge < -0.3 is 9.84 Å². The van der Waals surface area contributed by atoms with Crippen LogP contribution in [-0.4, -0.2) is 27.1 Å². The van der Waals surface area contributed by atoms with Gasteiger partial charge in [-0.1, -0.05) is 24.3 Å². The van der Waals surface area contributed by atoms with Crippen molar-refractivity contribution in [3.05, 3.63) is 100 Å². The highest BCUT2D eigenvalue weighted by molar-refractivity contribution is 6.01. The monoisotopic (exact) mass is 428 g/mol. The summed E-state index contributed by atoms with van der Waals surface area (Å²) in [5, 5.41) is 26.4. The molecule has 1 heterocycles. The second-order valence-electron chi connectivity index (χ2n) is 6.70. The van der Waals surface area contributed by atoms with E-state index in [1.54, 1.807) is 30.3 Å². The Hall–Kier alpha value is -4.79. The molecular weight excluding hydrogens is 412 g/mol. The third-order valence-electron chi connectivity index (χ3n) is 4.52. The van der Waals surface area contributed by atoms with Gasteiger partial charge in [0.05, 0.1) is 16.7 Å². The summed E-state index contributed by atoms with van der Waals surface area (Å²) in [7, 11) is 0. The number of carbonyl (C=O) groups is 1. The number of aromatic nitrogens is 1. The summed E-state index contributed by atoms with van der Waals surface area (Å²) in [6, 6.07) is 20.0. The molecule has 158 valence electrons. The number of hydrogen-bond acceptors (Lipinski definition) is 7. The molecule has 9 heteroatoms. The van der Waals surface area contributed by atoms with E-state index in [9.17, 15) is 20.0 Å². The lowest BCUT2D eigenvalue weighted by atomic mass is 10.1. The molecule has 2 N–H and O–H groups in total. The maximum absolute atomic E-state index is 12.4. The largest absolute Gasteiger partial charge is 0.507 e. The molecule has 0 saturated heterocycles. The maximum Gasteiger partial charge on any atom is 0.287 e. The van der Waals surface area contributed by atoms with Gasteiger partial charge in [-0.3, -0.25) is 14.9 Å². The predicted molar refractivity (Wildman–Crippen MR) is 118 cm³/mol. The van der Waals surface area contributed by atoms with Crippen molar-refractivity contribution < 1.29 is 19.6 Å². The van der Waals surface area contributed by atoms with E-state index < -0.39 is 10.8 Å². The van der Waals surface area contributed by atoms with Gasteiger partial charge >= 0.3 is 0 Å². The first-order valence-electron chi connectivity index (χ1n) is 9.43. The van der Waals surface area contributed by atoms with Gasteiger partial charge in [-0.25, -0.2) is 10.4 Å². The number of nitrogens with one attached hydrogen (secondary N) is 1. The summed E-state index contributed by atoms with van der Waals surface area (Å²) in [5.74, 6) is 0.0413. The van der Waals surface area contributed by atoms with Gasteiger partial charge in [0.25, 0.3) is 11.6 Å². The standard InChI is InChI=1S/C23H16N4O5/c28-21-12-17-4-2-1-3-16(17)11-20(21)23(29)26-25-13-15-5-8-19(9-6-15)32-22-10-7-18(14-24-22)27(30)31/h1-14,28H,(H,26,29). The Kier molecular flexibility index (Phi) is 5.71. The molecule has 1 aromatic heterocycles. The van der Waals surface area contributed by atoms with E-state index in [2.05, 4.69) is 15.5 Å².